The first-order valence-electron chi connectivity index (χ1n) is 5.71. The largest absolute Gasteiger partial charge is 0.387 e. The summed E-state index contributed by atoms with van der Waals surface area (Å²) in [6.45, 7) is 4.85. The first kappa shape index (κ1) is 12.8. The molecule has 2 amide bonds. The molecule has 5 N–H and O–H groups in total. The molecule has 16 heavy (non-hydrogen) atoms. The maximum atomic E-state index is 11.3. The quantitative estimate of drug-likeness (QED) is 0.392. The van der Waals surface area contributed by atoms with E-state index in [-0.39, 0.29) is 17.9 Å². The summed E-state index contributed by atoms with van der Waals surface area (Å²) < 4.78 is 0. The van der Waals surface area contributed by atoms with Crippen molar-refractivity contribution in [1.29, 1.82) is 5.41 Å². The number of hydrogen-bond acceptors (Lipinski definition) is 3. The molecule has 0 atom stereocenters. The monoisotopic (exact) mass is 227 g/mol. The van der Waals surface area contributed by atoms with Crippen molar-refractivity contribution in [3.63, 3.8) is 0 Å². The minimum atomic E-state index is -0.0903. The smallest absolute Gasteiger partial charge is 0.314 e. The van der Waals surface area contributed by atoms with Gasteiger partial charge in [0.25, 0.3) is 0 Å². The van der Waals surface area contributed by atoms with Gasteiger partial charge in [-0.05, 0) is 19.8 Å². The molecule has 1 saturated heterocycles. The van der Waals surface area contributed by atoms with Crippen LogP contribution in [-0.2, 0) is 0 Å². The topological polar surface area (TPSA) is 94.2 Å². The Kier molecular flexibility index (Phi) is 5.04. The average molecular weight is 227 g/mol. The van der Waals surface area contributed by atoms with Crippen LogP contribution >= 0.6 is 0 Å². The summed E-state index contributed by atoms with van der Waals surface area (Å²) >= 11 is 0. The predicted octanol–water partition coefficient (Wildman–Crippen LogP) is -0.294. The van der Waals surface area contributed by atoms with Gasteiger partial charge >= 0.3 is 6.03 Å². The summed E-state index contributed by atoms with van der Waals surface area (Å²) in [5.74, 6) is 0.204. The standard InChI is InChI=1S/C10H21N5O/c1-2-13-10(16)14-8-3-5-15(6-4-8)7-9(11)12/h8H,2-7H2,1H3,(H3,11,12)(H2,13,14,16). The van der Waals surface area contributed by atoms with Crippen LogP contribution in [0.2, 0.25) is 0 Å². The molecule has 0 aliphatic carbocycles. The van der Waals surface area contributed by atoms with E-state index in [9.17, 15) is 4.79 Å². The van der Waals surface area contributed by atoms with Crippen molar-refractivity contribution >= 4 is 11.9 Å². The average Bonchev–Trinajstić information content (AvgIpc) is 2.20. The van der Waals surface area contributed by atoms with E-state index in [1.165, 1.54) is 0 Å². The Morgan fingerprint density at radius 3 is 2.62 bits per heavy atom. The Bertz CT molecular complexity index is 248. The van der Waals surface area contributed by atoms with Crippen LogP contribution in [0.15, 0.2) is 0 Å². The number of likely N-dealkylation sites (tertiary alicyclic amines) is 1. The number of amides is 2. The molecular formula is C10H21N5O. The van der Waals surface area contributed by atoms with Crippen molar-refractivity contribution in [3.05, 3.63) is 0 Å². The van der Waals surface area contributed by atoms with Crippen molar-refractivity contribution < 1.29 is 4.79 Å². The zero-order valence-electron chi connectivity index (χ0n) is 9.75. The SMILES string of the molecule is CCNC(=O)NC1CCN(CC(=N)N)CC1. The number of urea groups is 1. The summed E-state index contributed by atoms with van der Waals surface area (Å²) in [4.78, 5) is 13.4. The lowest BCUT2D eigenvalue weighted by molar-refractivity contribution is 0.207. The fourth-order valence-corrected chi connectivity index (χ4v) is 1.87. The van der Waals surface area contributed by atoms with Crippen LogP contribution in [0.4, 0.5) is 4.79 Å². The van der Waals surface area contributed by atoms with Gasteiger partial charge in [0.2, 0.25) is 0 Å². The van der Waals surface area contributed by atoms with E-state index in [0.29, 0.717) is 13.1 Å². The van der Waals surface area contributed by atoms with Crippen molar-refractivity contribution in [1.82, 2.24) is 15.5 Å². The van der Waals surface area contributed by atoms with Crippen LogP contribution in [0.3, 0.4) is 0 Å². The molecule has 1 fully saturated rings. The number of hydrogen-bond donors (Lipinski definition) is 4. The van der Waals surface area contributed by atoms with Gasteiger partial charge in [0.05, 0.1) is 6.54 Å². The molecule has 6 nitrogen and oxygen atoms in total. The molecule has 0 aromatic heterocycles. The molecule has 92 valence electrons. The molecule has 1 aliphatic heterocycles. The zero-order chi connectivity index (χ0) is 12.0. The highest BCUT2D eigenvalue weighted by atomic mass is 16.2. The number of amidine groups is 1. The Balaban J connectivity index is 2.21. The van der Waals surface area contributed by atoms with Gasteiger partial charge < -0.3 is 16.4 Å². The van der Waals surface area contributed by atoms with Crippen molar-refractivity contribution in [2.75, 3.05) is 26.2 Å². The van der Waals surface area contributed by atoms with Gasteiger partial charge in [0, 0.05) is 25.7 Å². The molecule has 1 aliphatic rings. The first-order valence-corrected chi connectivity index (χ1v) is 5.71. The van der Waals surface area contributed by atoms with Gasteiger partial charge in [-0.15, -0.1) is 0 Å². The lowest BCUT2D eigenvalue weighted by atomic mass is 10.1. The first-order chi connectivity index (χ1) is 7.61. The van der Waals surface area contributed by atoms with E-state index in [1.54, 1.807) is 0 Å². The van der Waals surface area contributed by atoms with Crippen molar-refractivity contribution in [3.8, 4) is 0 Å². The van der Waals surface area contributed by atoms with E-state index in [1.807, 2.05) is 6.92 Å². The van der Waals surface area contributed by atoms with Gasteiger partial charge in [0.15, 0.2) is 0 Å². The highest BCUT2D eigenvalue weighted by molar-refractivity contribution is 5.79. The van der Waals surface area contributed by atoms with E-state index < -0.39 is 0 Å². The number of piperidine rings is 1. The van der Waals surface area contributed by atoms with Crippen LogP contribution < -0.4 is 16.4 Å². The highest BCUT2D eigenvalue weighted by Gasteiger charge is 2.20. The third-order valence-corrected chi connectivity index (χ3v) is 2.65. The van der Waals surface area contributed by atoms with E-state index in [0.717, 1.165) is 25.9 Å². The Morgan fingerprint density at radius 2 is 2.12 bits per heavy atom. The fourth-order valence-electron chi connectivity index (χ4n) is 1.87. The summed E-state index contributed by atoms with van der Waals surface area (Å²) in [5.41, 5.74) is 5.34. The second-order valence-corrected chi connectivity index (χ2v) is 4.08. The maximum absolute atomic E-state index is 11.3. The third kappa shape index (κ3) is 4.48. The molecule has 0 aromatic rings. The van der Waals surface area contributed by atoms with Gasteiger partial charge in [-0.1, -0.05) is 0 Å². The lowest BCUT2D eigenvalue weighted by Crippen LogP contribution is -2.49. The van der Waals surface area contributed by atoms with Crippen molar-refractivity contribution in [2.45, 2.75) is 25.8 Å². The maximum Gasteiger partial charge on any atom is 0.314 e. The van der Waals surface area contributed by atoms with Gasteiger partial charge in [-0.25, -0.2) is 4.79 Å². The number of nitrogens with one attached hydrogen (secondary N) is 3. The second kappa shape index (κ2) is 6.32. The van der Waals surface area contributed by atoms with Crippen LogP contribution in [0.5, 0.6) is 0 Å². The molecule has 0 bridgehead atoms. The van der Waals surface area contributed by atoms with Gasteiger partial charge in [0.1, 0.15) is 5.84 Å². The van der Waals surface area contributed by atoms with E-state index in [2.05, 4.69) is 15.5 Å². The second-order valence-electron chi connectivity index (χ2n) is 4.08. The Morgan fingerprint density at radius 1 is 1.50 bits per heavy atom. The van der Waals surface area contributed by atoms with Crippen LogP contribution in [0.25, 0.3) is 0 Å². The van der Waals surface area contributed by atoms with Crippen molar-refractivity contribution in [2.24, 2.45) is 5.73 Å². The number of rotatable bonds is 4. The summed E-state index contributed by atoms with van der Waals surface area (Å²) in [6.07, 6.45) is 1.84. The van der Waals surface area contributed by atoms with E-state index in [4.69, 9.17) is 11.1 Å². The molecule has 1 heterocycles. The number of nitrogens with two attached hydrogens (primary N) is 1. The van der Waals surface area contributed by atoms with Gasteiger partial charge in [-0.2, -0.15) is 0 Å². The molecule has 0 spiro atoms. The summed E-state index contributed by atoms with van der Waals surface area (Å²) in [5, 5.41) is 12.9. The molecule has 0 aromatic carbocycles. The lowest BCUT2D eigenvalue weighted by Gasteiger charge is -2.31. The Labute approximate surface area is 96.1 Å². The van der Waals surface area contributed by atoms with Crippen LogP contribution in [0.1, 0.15) is 19.8 Å². The van der Waals surface area contributed by atoms with Crippen LogP contribution in [0, 0.1) is 5.41 Å². The number of carbonyl (C=O) groups is 1. The third-order valence-electron chi connectivity index (χ3n) is 2.65. The number of carbonyl (C=O) groups excluding carboxylic acids is 1. The predicted molar refractivity (Wildman–Crippen MR) is 63.6 cm³/mol. The minimum absolute atomic E-state index is 0.0903. The normalized spacial score (nSPS) is 18.1. The molecule has 6 heteroatoms. The Hall–Kier alpha value is -1.30. The van der Waals surface area contributed by atoms with Gasteiger partial charge in [-0.3, -0.25) is 10.3 Å². The number of nitrogens with zero attached hydrogens (tertiary/aromatic N) is 1. The van der Waals surface area contributed by atoms with E-state index >= 15 is 0 Å². The molecule has 0 unspecified atom stereocenters. The molecule has 0 radical (unpaired) electrons. The fraction of sp³-hybridized carbons (Fsp3) is 0.800. The molecular weight excluding hydrogens is 206 g/mol. The highest BCUT2D eigenvalue weighted by Crippen LogP contribution is 2.09. The minimum Gasteiger partial charge on any atom is -0.387 e. The summed E-state index contributed by atoms with van der Waals surface area (Å²) in [6, 6.07) is 0.155. The zero-order valence-corrected chi connectivity index (χ0v) is 9.75. The molecule has 0 saturated carbocycles. The summed E-state index contributed by atoms with van der Waals surface area (Å²) in [7, 11) is 0. The van der Waals surface area contributed by atoms with Crippen LogP contribution in [-0.4, -0.2) is 49.0 Å². The molecule has 1 rings (SSSR count).